The summed E-state index contributed by atoms with van der Waals surface area (Å²) in [6, 6.07) is 13.3. The van der Waals surface area contributed by atoms with Gasteiger partial charge in [0.15, 0.2) is 0 Å². The molecule has 0 aliphatic carbocycles. The van der Waals surface area contributed by atoms with Crippen molar-refractivity contribution < 1.29 is 4.74 Å². The molecule has 0 bridgehead atoms. The fourth-order valence-electron chi connectivity index (χ4n) is 3.83. The summed E-state index contributed by atoms with van der Waals surface area (Å²) in [5.74, 6) is 0.977. The van der Waals surface area contributed by atoms with Crippen molar-refractivity contribution in [3.8, 4) is 12.1 Å². The summed E-state index contributed by atoms with van der Waals surface area (Å²) in [5.41, 5.74) is 3.60. The molecule has 7 heteroatoms. The topological polar surface area (TPSA) is 68.5 Å². The number of ether oxygens (including phenoxy) is 1. The average molecular weight is 423 g/mol. The zero-order chi connectivity index (χ0) is 22.1. The second-order valence-corrected chi connectivity index (χ2v) is 8.19. The van der Waals surface area contributed by atoms with Gasteiger partial charge < -0.3 is 14.5 Å². The number of benzene rings is 1. The number of anilines is 1. The first-order valence-corrected chi connectivity index (χ1v) is 11.2. The van der Waals surface area contributed by atoms with Gasteiger partial charge in [-0.05, 0) is 39.4 Å². The van der Waals surface area contributed by atoms with E-state index in [0.717, 1.165) is 63.6 Å². The van der Waals surface area contributed by atoms with E-state index in [1.54, 1.807) is 0 Å². The molecule has 0 spiro atoms. The van der Waals surface area contributed by atoms with E-state index >= 15 is 0 Å². The molecule has 1 aromatic carbocycles. The molecule has 0 fully saturated rings. The third-order valence-corrected chi connectivity index (χ3v) is 5.52. The van der Waals surface area contributed by atoms with Crippen molar-refractivity contribution in [2.24, 2.45) is 0 Å². The Morgan fingerprint density at radius 2 is 1.97 bits per heavy atom. The summed E-state index contributed by atoms with van der Waals surface area (Å²) in [5, 5.41) is 8.93. The molecule has 1 aliphatic rings. The molecule has 2 aromatic rings. The van der Waals surface area contributed by atoms with E-state index in [9.17, 15) is 0 Å². The molecule has 0 amide bonds. The molecular weight excluding hydrogens is 388 g/mol. The minimum Gasteiger partial charge on any atom is -0.462 e. The molecule has 0 radical (unpaired) electrons. The average Bonchev–Trinajstić information content (AvgIpc) is 2.77. The number of fused-ring (bicyclic) bond motifs is 1. The van der Waals surface area contributed by atoms with Crippen LogP contribution in [0.4, 0.5) is 5.82 Å². The summed E-state index contributed by atoms with van der Waals surface area (Å²) in [6.45, 7) is 7.86. The molecule has 2 heterocycles. The Balaban J connectivity index is 1.82. The van der Waals surface area contributed by atoms with Crippen LogP contribution < -0.4 is 9.64 Å². The Morgan fingerprint density at radius 3 is 2.68 bits per heavy atom. The lowest BCUT2D eigenvalue weighted by Gasteiger charge is -2.32. The summed E-state index contributed by atoms with van der Waals surface area (Å²) in [7, 11) is 4.05. The maximum atomic E-state index is 8.93. The fraction of sp³-hybridized carbons (Fsp3) is 0.542. The summed E-state index contributed by atoms with van der Waals surface area (Å²) >= 11 is 0. The molecule has 7 nitrogen and oxygen atoms in total. The SMILES string of the molecule is CCN(CCCC#N)c1nc(OCCN(C)C)nc2c1CCN(Cc1ccccc1)C2. The van der Waals surface area contributed by atoms with Gasteiger partial charge in [0.1, 0.15) is 12.4 Å². The number of aromatic nitrogens is 2. The maximum absolute atomic E-state index is 8.93. The molecule has 0 N–H and O–H groups in total. The van der Waals surface area contributed by atoms with Gasteiger partial charge in [0.2, 0.25) is 0 Å². The molecule has 1 aromatic heterocycles. The van der Waals surface area contributed by atoms with Gasteiger partial charge in [-0.25, -0.2) is 0 Å². The van der Waals surface area contributed by atoms with Crippen LogP contribution in [0.1, 0.15) is 36.6 Å². The number of likely N-dealkylation sites (N-methyl/N-ethyl adjacent to an activating group) is 1. The first-order valence-electron chi connectivity index (χ1n) is 11.2. The van der Waals surface area contributed by atoms with Crippen molar-refractivity contribution in [2.75, 3.05) is 51.8 Å². The Hall–Kier alpha value is -2.69. The molecule has 3 rings (SSSR count). The number of hydrogen-bond donors (Lipinski definition) is 0. The second-order valence-electron chi connectivity index (χ2n) is 8.19. The zero-order valence-corrected chi connectivity index (χ0v) is 19.0. The predicted octanol–water partition coefficient (Wildman–Crippen LogP) is 3.11. The Morgan fingerprint density at radius 1 is 1.16 bits per heavy atom. The van der Waals surface area contributed by atoms with Crippen LogP contribution in [-0.4, -0.2) is 66.6 Å². The normalized spacial score (nSPS) is 13.6. The first-order chi connectivity index (χ1) is 15.1. The number of rotatable bonds is 11. The monoisotopic (exact) mass is 422 g/mol. The lowest BCUT2D eigenvalue weighted by atomic mass is 10.0. The van der Waals surface area contributed by atoms with Gasteiger partial charge in [-0.15, -0.1) is 0 Å². The molecule has 1 aliphatic heterocycles. The Labute approximate surface area is 186 Å². The van der Waals surface area contributed by atoms with Crippen LogP contribution in [0.15, 0.2) is 30.3 Å². The summed E-state index contributed by atoms with van der Waals surface area (Å²) < 4.78 is 5.94. The third-order valence-electron chi connectivity index (χ3n) is 5.52. The molecule has 0 atom stereocenters. The van der Waals surface area contributed by atoms with Crippen molar-refractivity contribution in [1.29, 1.82) is 5.26 Å². The zero-order valence-electron chi connectivity index (χ0n) is 19.0. The molecule has 31 heavy (non-hydrogen) atoms. The Kier molecular flexibility index (Phi) is 8.63. The standard InChI is InChI=1S/C24H34N6O/c1-4-30(14-9-8-13-25)23-21-12-15-29(18-20-10-6-5-7-11-20)19-22(21)26-24(27-23)31-17-16-28(2)3/h5-7,10-11H,4,8-9,12,14-19H2,1-3H3. The maximum Gasteiger partial charge on any atom is 0.318 e. The summed E-state index contributed by atoms with van der Waals surface area (Å²) in [6.07, 6.45) is 2.31. The highest BCUT2D eigenvalue weighted by Gasteiger charge is 2.25. The lowest BCUT2D eigenvalue weighted by molar-refractivity contribution is 0.228. The van der Waals surface area contributed by atoms with Crippen molar-refractivity contribution >= 4 is 5.82 Å². The molecule has 0 saturated heterocycles. The van der Waals surface area contributed by atoms with Crippen LogP contribution >= 0.6 is 0 Å². The number of hydrogen-bond acceptors (Lipinski definition) is 7. The van der Waals surface area contributed by atoms with E-state index in [2.05, 4.69) is 58.0 Å². The third kappa shape index (κ3) is 6.65. The molecular formula is C24H34N6O. The van der Waals surface area contributed by atoms with Crippen molar-refractivity contribution in [3.05, 3.63) is 47.2 Å². The van der Waals surface area contributed by atoms with Crippen LogP contribution in [0.25, 0.3) is 0 Å². The van der Waals surface area contributed by atoms with Crippen LogP contribution in [0.2, 0.25) is 0 Å². The first kappa shape index (κ1) is 23.0. The summed E-state index contributed by atoms with van der Waals surface area (Å²) in [4.78, 5) is 16.4. The minimum absolute atomic E-state index is 0.455. The highest BCUT2D eigenvalue weighted by molar-refractivity contribution is 5.51. The highest BCUT2D eigenvalue weighted by Crippen LogP contribution is 2.29. The van der Waals surface area contributed by atoms with Gasteiger partial charge in [-0.2, -0.15) is 15.2 Å². The van der Waals surface area contributed by atoms with Gasteiger partial charge >= 0.3 is 6.01 Å². The number of nitrogens with zero attached hydrogens (tertiary/aromatic N) is 6. The van der Waals surface area contributed by atoms with Crippen molar-refractivity contribution in [2.45, 2.75) is 39.3 Å². The second kappa shape index (κ2) is 11.6. The lowest BCUT2D eigenvalue weighted by Crippen LogP contribution is -2.34. The fourth-order valence-corrected chi connectivity index (χ4v) is 3.83. The van der Waals surface area contributed by atoms with E-state index in [1.165, 1.54) is 11.1 Å². The van der Waals surface area contributed by atoms with Crippen LogP contribution in [0, 0.1) is 11.3 Å². The van der Waals surface area contributed by atoms with Crippen molar-refractivity contribution in [1.82, 2.24) is 19.8 Å². The van der Waals surface area contributed by atoms with E-state index in [0.29, 0.717) is 19.0 Å². The van der Waals surface area contributed by atoms with E-state index < -0.39 is 0 Å². The molecule has 0 unspecified atom stereocenters. The number of unbranched alkanes of at least 4 members (excludes halogenated alkanes) is 1. The minimum atomic E-state index is 0.455. The van der Waals surface area contributed by atoms with Gasteiger partial charge in [0.25, 0.3) is 0 Å². The van der Waals surface area contributed by atoms with Gasteiger partial charge in [-0.1, -0.05) is 30.3 Å². The number of nitriles is 1. The van der Waals surface area contributed by atoms with Gasteiger partial charge in [0.05, 0.1) is 11.8 Å². The highest BCUT2D eigenvalue weighted by atomic mass is 16.5. The van der Waals surface area contributed by atoms with Crippen LogP contribution in [0.3, 0.4) is 0 Å². The van der Waals surface area contributed by atoms with Crippen LogP contribution in [0.5, 0.6) is 6.01 Å². The largest absolute Gasteiger partial charge is 0.462 e. The van der Waals surface area contributed by atoms with Gasteiger partial charge in [0, 0.05) is 51.3 Å². The quantitative estimate of drug-likeness (QED) is 0.515. The van der Waals surface area contributed by atoms with Gasteiger partial charge in [-0.3, -0.25) is 4.90 Å². The van der Waals surface area contributed by atoms with Crippen LogP contribution in [-0.2, 0) is 19.5 Å². The Bertz CT molecular complexity index is 864. The molecule has 166 valence electrons. The van der Waals surface area contributed by atoms with E-state index in [-0.39, 0.29) is 0 Å². The molecule has 0 saturated carbocycles. The van der Waals surface area contributed by atoms with E-state index in [1.807, 2.05) is 14.1 Å². The van der Waals surface area contributed by atoms with Crippen molar-refractivity contribution in [3.63, 3.8) is 0 Å². The predicted molar refractivity (Wildman–Crippen MR) is 123 cm³/mol. The smallest absolute Gasteiger partial charge is 0.318 e. The van der Waals surface area contributed by atoms with E-state index in [4.69, 9.17) is 20.0 Å².